The smallest absolute Gasteiger partial charge is 0.234 e. The Balaban J connectivity index is 1.57. The van der Waals surface area contributed by atoms with Crippen molar-refractivity contribution < 1.29 is 9.53 Å². The van der Waals surface area contributed by atoms with E-state index in [-0.39, 0.29) is 5.91 Å². The molecule has 2 aromatic rings. The van der Waals surface area contributed by atoms with E-state index in [4.69, 9.17) is 4.74 Å². The third-order valence-corrected chi connectivity index (χ3v) is 4.20. The third-order valence-electron chi connectivity index (χ3n) is 4.20. The van der Waals surface area contributed by atoms with Crippen molar-refractivity contribution in [3.8, 4) is 0 Å². The highest BCUT2D eigenvalue weighted by molar-refractivity contribution is 5.78. The molecule has 3 rings (SSSR count). The fourth-order valence-electron chi connectivity index (χ4n) is 2.95. The predicted molar refractivity (Wildman–Crippen MR) is 91.3 cm³/mol. The van der Waals surface area contributed by atoms with Crippen LogP contribution in [0.15, 0.2) is 18.5 Å². The molecule has 2 aromatic heterocycles. The van der Waals surface area contributed by atoms with Gasteiger partial charge in [0.25, 0.3) is 0 Å². The Kier molecular flexibility index (Phi) is 5.27. The van der Waals surface area contributed by atoms with Crippen LogP contribution in [0.2, 0.25) is 0 Å². The van der Waals surface area contributed by atoms with Crippen LogP contribution < -0.4 is 10.2 Å². The second-order valence-electron chi connectivity index (χ2n) is 6.03. The first kappa shape index (κ1) is 16.7. The first-order valence-corrected chi connectivity index (χ1v) is 8.20. The van der Waals surface area contributed by atoms with Gasteiger partial charge in [0.1, 0.15) is 12.1 Å². The molecule has 0 bridgehead atoms. The maximum atomic E-state index is 11.9. The first-order valence-electron chi connectivity index (χ1n) is 8.20. The molecule has 0 atom stereocenters. The van der Waals surface area contributed by atoms with Gasteiger partial charge >= 0.3 is 0 Å². The highest BCUT2D eigenvalue weighted by atomic mass is 16.5. The lowest BCUT2D eigenvalue weighted by Crippen LogP contribution is -2.50. The third kappa shape index (κ3) is 3.82. The molecule has 0 aromatic carbocycles. The molecule has 0 unspecified atom stereocenters. The number of nitrogens with one attached hydrogen (secondary N) is 1. The minimum atomic E-state index is 0.0507. The number of piperazine rings is 1. The van der Waals surface area contributed by atoms with E-state index in [2.05, 4.69) is 38.2 Å². The fraction of sp³-hybridized carbons (Fsp3) is 0.562. The van der Waals surface area contributed by atoms with Crippen LogP contribution >= 0.6 is 0 Å². The highest BCUT2D eigenvalue weighted by Gasteiger charge is 2.21. The number of pyridine rings is 1. The van der Waals surface area contributed by atoms with Gasteiger partial charge in [-0.2, -0.15) is 9.61 Å². The Morgan fingerprint density at radius 2 is 2.08 bits per heavy atom. The van der Waals surface area contributed by atoms with E-state index in [9.17, 15) is 4.79 Å². The maximum absolute atomic E-state index is 11.9. The molecule has 1 aliphatic rings. The molecular formula is C16H24N6O2. The number of rotatable bonds is 6. The number of anilines is 1. The Morgan fingerprint density at radius 3 is 2.83 bits per heavy atom. The van der Waals surface area contributed by atoms with Crippen molar-refractivity contribution >= 4 is 17.4 Å². The van der Waals surface area contributed by atoms with Crippen LogP contribution in [0.4, 0.5) is 5.82 Å². The van der Waals surface area contributed by atoms with Crippen molar-refractivity contribution in [3.63, 3.8) is 0 Å². The summed E-state index contributed by atoms with van der Waals surface area (Å²) < 4.78 is 6.81. The first-order chi connectivity index (χ1) is 11.7. The monoisotopic (exact) mass is 332 g/mol. The lowest BCUT2D eigenvalue weighted by atomic mass is 10.2. The largest absolute Gasteiger partial charge is 0.383 e. The molecular weight excluding hydrogens is 308 g/mol. The van der Waals surface area contributed by atoms with Gasteiger partial charge < -0.3 is 15.0 Å². The zero-order valence-electron chi connectivity index (χ0n) is 14.2. The van der Waals surface area contributed by atoms with Crippen molar-refractivity contribution in [2.24, 2.45) is 0 Å². The molecule has 8 nitrogen and oxygen atoms in total. The van der Waals surface area contributed by atoms with Gasteiger partial charge in [-0.05, 0) is 24.6 Å². The van der Waals surface area contributed by atoms with Crippen molar-refractivity contribution in [1.82, 2.24) is 24.8 Å². The second kappa shape index (κ2) is 7.59. The number of methoxy groups -OCH3 is 1. The zero-order chi connectivity index (χ0) is 16.9. The number of ether oxygens (including phenoxy) is 1. The van der Waals surface area contributed by atoms with Crippen molar-refractivity contribution in [2.75, 3.05) is 57.9 Å². The Hall–Kier alpha value is -2.19. The number of aromatic nitrogens is 3. The van der Waals surface area contributed by atoms with Gasteiger partial charge in [0.15, 0.2) is 5.65 Å². The summed E-state index contributed by atoms with van der Waals surface area (Å²) in [6, 6.07) is 4.16. The van der Waals surface area contributed by atoms with Crippen molar-refractivity contribution in [2.45, 2.75) is 6.92 Å². The average molecular weight is 332 g/mol. The van der Waals surface area contributed by atoms with Gasteiger partial charge in [-0.15, -0.1) is 0 Å². The van der Waals surface area contributed by atoms with E-state index >= 15 is 0 Å². The summed E-state index contributed by atoms with van der Waals surface area (Å²) in [4.78, 5) is 20.6. The minimum absolute atomic E-state index is 0.0507. The Bertz CT molecular complexity index is 693. The number of nitrogens with zero attached hydrogens (tertiary/aromatic N) is 5. The van der Waals surface area contributed by atoms with Gasteiger partial charge in [0.2, 0.25) is 5.91 Å². The van der Waals surface area contributed by atoms with Gasteiger partial charge in [-0.1, -0.05) is 0 Å². The molecule has 130 valence electrons. The number of amides is 1. The van der Waals surface area contributed by atoms with Gasteiger partial charge in [0.05, 0.1) is 13.2 Å². The van der Waals surface area contributed by atoms with Crippen LogP contribution in [0.1, 0.15) is 5.56 Å². The fourth-order valence-corrected chi connectivity index (χ4v) is 2.95. The van der Waals surface area contributed by atoms with E-state index in [0.29, 0.717) is 19.7 Å². The van der Waals surface area contributed by atoms with Crippen LogP contribution in [-0.2, 0) is 9.53 Å². The summed E-state index contributed by atoms with van der Waals surface area (Å²) in [6.07, 6.45) is 1.58. The molecule has 1 amide bonds. The molecule has 0 spiro atoms. The van der Waals surface area contributed by atoms with Gasteiger partial charge in [-0.25, -0.2) is 4.98 Å². The molecule has 3 heterocycles. The minimum Gasteiger partial charge on any atom is -0.383 e. The standard InChI is InChI=1S/C16H24N6O2/c1-13-9-14-18-12-19-22(14)16(10-13)21-6-4-20(5-7-21)11-15(23)17-3-8-24-2/h9-10,12H,3-8,11H2,1-2H3,(H,17,23). The highest BCUT2D eigenvalue weighted by Crippen LogP contribution is 2.19. The molecule has 1 saturated heterocycles. The number of fused-ring (bicyclic) bond motifs is 1. The van der Waals surface area contributed by atoms with E-state index in [0.717, 1.165) is 37.6 Å². The summed E-state index contributed by atoms with van der Waals surface area (Å²) in [5, 5.41) is 7.18. The number of carbonyl (C=O) groups excluding carboxylic acids is 1. The quantitative estimate of drug-likeness (QED) is 0.746. The maximum Gasteiger partial charge on any atom is 0.234 e. The number of hydrogen-bond donors (Lipinski definition) is 1. The summed E-state index contributed by atoms with van der Waals surface area (Å²) in [5.74, 6) is 1.11. The summed E-state index contributed by atoms with van der Waals surface area (Å²) in [6.45, 7) is 7.03. The lowest BCUT2D eigenvalue weighted by molar-refractivity contribution is -0.122. The van der Waals surface area contributed by atoms with Crippen LogP contribution in [0.5, 0.6) is 0 Å². The topological polar surface area (TPSA) is 75.0 Å². The number of hydrogen-bond acceptors (Lipinski definition) is 6. The Morgan fingerprint density at radius 1 is 1.29 bits per heavy atom. The van der Waals surface area contributed by atoms with E-state index in [1.54, 1.807) is 13.4 Å². The van der Waals surface area contributed by atoms with Gasteiger partial charge in [-0.3, -0.25) is 9.69 Å². The second-order valence-corrected chi connectivity index (χ2v) is 6.03. The normalized spacial score (nSPS) is 15.8. The molecule has 8 heteroatoms. The average Bonchev–Trinajstić information content (AvgIpc) is 3.03. The van der Waals surface area contributed by atoms with Crippen molar-refractivity contribution in [3.05, 3.63) is 24.0 Å². The van der Waals surface area contributed by atoms with Crippen LogP contribution in [-0.4, -0.2) is 78.4 Å². The summed E-state index contributed by atoms with van der Waals surface area (Å²) in [5.41, 5.74) is 2.04. The van der Waals surface area contributed by atoms with Crippen LogP contribution in [0.25, 0.3) is 5.65 Å². The molecule has 0 saturated carbocycles. The molecule has 1 N–H and O–H groups in total. The SMILES string of the molecule is COCCNC(=O)CN1CCN(c2cc(C)cc3ncnn23)CC1. The summed E-state index contributed by atoms with van der Waals surface area (Å²) >= 11 is 0. The molecule has 1 aliphatic heterocycles. The number of aryl methyl sites for hydroxylation is 1. The Labute approximate surface area is 141 Å². The van der Waals surface area contributed by atoms with Crippen molar-refractivity contribution in [1.29, 1.82) is 0 Å². The molecule has 0 aliphatic carbocycles. The van der Waals surface area contributed by atoms with E-state index in [1.807, 2.05) is 10.6 Å². The number of carbonyl (C=O) groups is 1. The van der Waals surface area contributed by atoms with E-state index in [1.165, 1.54) is 5.56 Å². The zero-order valence-corrected chi connectivity index (χ0v) is 14.2. The molecule has 0 radical (unpaired) electrons. The van der Waals surface area contributed by atoms with Crippen LogP contribution in [0.3, 0.4) is 0 Å². The van der Waals surface area contributed by atoms with Crippen LogP contribution in [0, 0.1) is 6.92 Å². The lowest BCUT2D eigenvalue weighted by Gasteiger charge is -2.35. The van der Waals surface area contributed by atoms with Gasteiger partial charge in [0, 0.05) is 39.8 Å². The van der Waals surface area contributed by atoms with E-state index < -0.39 is 0 Å². The molecule has 1 fully saturated rings. The molecule has 24 heavy (non-hydrogen) atoms. The summed E-state index contributed by atoms with van der Waals surface area (Å²) in [7, 11) is 1.63. The predicted octanol–water partition coefficient (Wildman–Crippen LogP) is -0.0777.